The summed E-state index contributed by atoms with van der Waals surface area (Å²) >= 11 is 0. The number of methoxy groups -OCH3 is 3. The van der Waals surface area contributed by atoms with E-state index in [2.05, 4.69) is 0 Å². The molecular formula is C21H24O6. The Labute approximate surface area is 158 Å². The van der Waals surface area contributed by atoms with Crippen molar-refractivity contribution in [1.29, 1.82) is 0 Å². The van der Waals surface area contributed by atoms with Crippen molar-refractivity contribution in [2.75, 3.05) is 27.9 Å². The van der Waals surface area contributed by atoms with E-state index in [1.807, 2.05) is 24.3 Å². The summed E-state index contributed by atoms with van der Waals surface area (Å²) in [5.41, 5.74) is 1.98. The Morgan fingerprint density at radius 1 is 0.926 bits per heavy atom. The van der Waals surface area contributed by atoms with Gasteiger partial charge >= 0.3 is 5.97 Å². The first-order valence-corrected chi connectivity index (χ1v) is 8.79. The van der Waals surface area contributed by atoms with Crippen molar-refractivity contribution in [3.8, 4) is 23.0 Å². The summed E-state index contributed by atoms with van der Waals surface area (Å²) < 4.78 is 21.1. The monoisotopic (exact) mass is 372 g/mol. The molecule has 0 bridgehead atoms. The number of rotatable bonds is 7. The molecule has 0 amide bonds. The average molecular weight is 372 g/mol. The first kappa shape index (κ1) is 18.9. The highest BCUT2D eigenvalue weighted by molar-refractivity contribution is 5.75. The standard InChI is InChI=1S/C21H24O6/c1-24-18-7-5-14(11-20(18)26-3)9-16-15(12-27-21(16)23)8-13-4-6-17(22)19(10-13)25-2/h4-7,10-11,15-16,22H,8-9,12H2,1-3H3/t15-,16+/m1/s1. The second-order valence-electron chi connectivity index (χ2n) is 6.60. The maximum absolute atomic E-state index is 12.3. The molecule has 0 aromatic heterocycles. The van der Waals surface area contributed by atoms with Crippen molar-refractivity contribution in [1.82, 2.24) is 0 Å². The van der Waals surface area contributed by atoms with Crippen LogP contribution in [0.3, 0.4) is 0 Å². The minimum Gasteiger partial charge on any atom is -0.504 e. The fourth-order valence-electron chi connectivity index (χ4n) is 3.47. The highest BCUT2D eigenvalue weighted by Crippen LogP contribution is 2.34. The van der Waals surface area contributed by atoms with Gasteiger partial charge in [-0.15, -0.1) is 0 Å². The van der Waals surface area contributed by atoms with Gasteiger partial charge in [0.2, 0.25) is 0 Å². The van der Waals surface area contributed by atoms with E-state index in [9.17, 15) is 9.90 Å². The molecule has 0 spiro atoms. The smallest absolute Gasteiger partial charge is 0.309 e. The van der Waals surface area contributed by atoms with Gasteiger partial charge < -0.3 is 24.1 Å². The number of phenols is 1. The molecule has 1 saturated heterocycles. The number of cyclic esters (lactones) is 1. The molecule has 3 rings (SSSR count). The third-order valence-corrected chi connectivity index (χ3v) is 4.96. The Bertz CT molecular complexity index is 816. The second-order valence-corrected chi connectivity index (χ2v) is 6.60. The lowest BCUT2D eigenvalue weighted by Gasteiger charge is -2.17. The van der Waals surface area contributed by atoms with Gasteiger partial charge in [0.15, 0.2) is 23.0 Å². The average Bonchev–Trinajstić information content (AvgIpc) is 3.02. The van der Waals surface area contributed by atoms with Crippen LogP contribution in [-0.4, -0.2) is 39.0 Å². The van der Waals surface area contributed by atoms with E-state index in [0.717, 1.165) is 11.1 Å². The second kappa shape index (κ2) is 8.20. The molecule has 6 nitrogen and oxygen atoms in total. The Kier molecular flexibility index (Phi) is 5.74. The number of esters is 1. The summed E-state index contributed by atoms with van der Waals surface area (Å²) in [6.07, 6.45) is 1.24. The van der Waals surface area contributed by atoms with Crippen LogP contribution in [0, 0.1) is 11.8 Å². The van der Waals surface area contributed by atoms with Gasteiger partial charge in [-0.05, 0) is 48.2 Å². The number of ether oxygens (including phenoxy) is 4. The van der Waals surface area contributed by atoms with Crippen LogP contribution in [0.4, 0.5) is 0 Å². The van der Waals surface area contributed by atoms with Crippen molar-refractivity contribution in [2.45, 2.75) is 12.8 Å². The molecule has 2 aromatic rings. The largest absolute Gasteiger partial charge is 0.504 e. The van der Waals surface area contributed by atoms with Gasteiger partial charge in [0.25, 0.3) is 0 Å². The SMILES string of the molecule is COc1cc(C[C@@H]2COC(=O)[C@H]2Cc2ccc(OC)c(OC)c2)ccc1O. The third kappa shape index (κ3) is 4.10. The normalized spacial score (nSPS) is 18.9. The highest BCUT2D eigenvalue weighted by atomic mass is 16.5. The third-order valence-electron chi connectivity index (χ3n) is 4.96. The van der Waals surface area contributed by atoms with Gasteiger partial charge in [0.05, 0.1) is 33.9 Å². The Hall–Kier alpha value is -2.89. The molecule has 1 aliphatic rings. The van der Waals surface area contributed by atoms with Crippen molar-refractivity contribution in [3.05, 3.63) is 47.5 Å². The number of phenolic OH excluding ortho intramolecular Hbond substituents is 1. The Morgan fingerprint density at radius 2 is 1.56 bits per heavy atom. The molecule has 2 aromatic carbocycles. The molecule has 1 heterocycles. The zero-order chi connectivity index (χ0) is 19.4. The van der Waals surface area contributed by atoms with Gasteiger partial charge in [0, 0.05) is 5.92 Å². The summed E-state index contributed by atoms with van der Waals surface area (Å²) in [6, 6.07) is 10.9. The Morgan fingerprint density at radius 3 is 2.26 bits per heavy atom. The fourth-order valence-corrected chi connectivity index (χ4v) is 3.47. The van der Waals surface area contributed by atoms with E-state index in [-0.39, 0.29) is 23.6 Å². The summed E-state index contributed by atoms with van der Waals surface area (Å²) in [4.78, 5) is 12.3. The molecule has 1 N–H and O–H groups in total. The van der Waals surface area contributed by atoms with Crippen LogP contribution in [0.25, 0.3) is 0 Å². The highest BCUT2D eigenvalue weighted by Gasteiger charge is 2.37. The van der Waals surface area contributed by atoms with Crippen LogP contribution in [0.2, 0.25) is 0 Å². The van der Waals surface area contributed by atoms with Gasteiger partial charge in [-0.1, -0.05) is 12.1 Å². The van der Waals surface area contributed by atoms with Crippen LogP contribution < -0.4 is 14.2 Å². The van der Waals surface area contributed by atoms with Gasteiger partial charge in [-0.2, -0.15) is 0 Å². The zero-order valence-corrected chi connectivity index (χ0v) is 15.7. The predicted molar refractivity (Wildman–Crippen MR) is 99.6 cm³/mol. The lowest BCUT2D eigenvalue weighted by Crippen LogP contribution is -2.20. The van der Waals surface area contributed by atoms with E-state index in [0.29, 0.717) is 36.7 Å². The molecule has 1 aliphatic heterocycles. The van der Waals surface area contributed by atoms with E-state index >= 15 is 0 Å². The number of carbonyl (C=O) groups excluding carboxylic acids is 1. The molecule has 6 heteroatoms. The molecule has 0 radical (unpaired) electrons. The first-order valence-electron chi connectivity index (χ1n) is 8.79. The molecule has 0 unspecified atom stereocenters. The van der Waals surface area contributed by atoms with Crippen LogP contribution in [0.5, 0.6) is 23.0 Å². The molecule has 27 heavy (non-hydrogen) atoms. The number of carbonyl (C=O) groups is 1. The lowest BCUT2D eigenvalue weighted by atomic mass is 9.85. The van der Waals surface area contributed by atoms with E-state index in [1.165, 1.54) is 7.11 Å². The quantitative estimate of drug-likeness (QED) is 0.753. The summed E-state index contributed by atoms with van der Waals surface area (Å²) in [5.74, 6) is 1.46. The summed E-state index contributed by atoms with van der Waals surface area (Å²) in [7, 11) is 4.70. The molecular weight excluding hydrogens is 348 g/mol. The van der Waals surface area contributed by atoms with Crippen molar-refractivity contribution in [3.63, 3.8) is 0 Å². The van der Waals surface area contributed by atoms with Crippen molar-refractivity contribution < 1.29 is 28.8 Å². The topological polar surface area (TPSA) is 74.2 Å². The summed E-state index contributed by atoms with van der Waals surface area (Å²) in [6.45, 7) is 0.389. The minimum atomic E-state index is -0.233. The molecule has 2 atom stereocenters. The van der Waals surface area contributed by atoms with Crippen LogP contribution in [0.15, 0.2) is 36.4 Å². The van der Waals surface area contributed by atoms with Gasteiger partial charge in [-0.3, -0.25) is 4.79 Å². The molecule has 0 aliphatic carbocycles. The number of benzene rings is 2. The van der Waals surface area contributed by atoms with Gasteiger partial charge in [-0.25, -0.2) is 0 Å². The zero-order valence-electron chi connectivity index (χ0n) is 15.7. The number of aromatic hydroxyl groups is 1. The van der Waals surface area contributed by atoms with Gasteiger partial charge in [0.1, 0.15) is 0 Å². The van der Waals surface area contributed by atoms with Crippen LogP contribution in [0.1, 0.15) is 11.1 Å². The summed E-state index contributed by atoms with van der Waals surface area (Å²) in [5, 5.41) is 9.75. The molecule has 0 saturated carbocycles. The maximum atomic E-state index is 12.3. The van der Waals surface area contributed by atoms with Crippen molar-refractivity contribution >= 4 is 5.97 Å². The van der Waals surface area contributed by atoms with Crippen LogP contribution in [-0.2, 0) is 22.4 Å². The van der Waals surface area contributed by atoms with E-state index < -0.39 is 0 Å². The van der Waals surface area contributed by atoms with E-state index in [4.69, 9.17) is 18.9 Å². The fraction of sp³-hybridized carbons (Fsp3) is 0.381. The molecule has 144 valence electrons. The predicted octanol–water partition coefficient (Wildman–Crippen LogP) is 2.99. The maximum Gasteiger partial charge on any atom is 0.309 e. The Balaban J connectivity index is 1.77. The van der Waals surface area contributed by atoms with Crippen LogP contribution >= 0.6 is 0 Å². The number of hydrogen-bond acceptors (Lipinski definition) is 6. The molecule has 1 fully saturated rings. The first-order chi connectivity index (χ1) is 13.0. The van der Waals surface area contributed by atoms with E-state index in [1.54, 1.807) is 26.4 Å². The minimum absolute atomic E-state index is 0.0554. The van der Waals surface area contributed by atoms with Crippen molar-refractivity contribution in [2.24, 2.45) is 11.8 Å². The lowest BCUT2D eigenvalue weighted by molar-refractivity contribution is -0.141. The number of hydrogen-bond donors (Lipinski definition) is 1.